The second-order valence-electron chi connectivity index (χ2n) is 4.91. The lowest BCUT2D eigenvalue weighted by Gasteiger charge is -2.11. The number of amidine groups is 1. The third kappa shape index (κ3) is 6.13. The van der Waals surface area contributed by atoms with Crippen LogP contribution in [0.4, 0.5) is 13.2 Å². The molecule has 2 aromatic rings. The predicted molar refractivity (Wildman–Crippen MR) is 100 cm³/mol. The van der Waals surface area contributed by atoms with Crippen LogP contribution in [0.1, 0.15) is 16.7 Å². The average Bonchev–Trinajstić information content (AvgIpc) is 2.60. The second-order valence-corrected chi connectivity index (χ2v) is 6.78. The van der Waals surface area contributed by atoms with Crippen molar-refractivity contribution in [3.05, 3.63) is 65.2 Å². The SMILES string of the molecule is CSc1ccc(C=NN=C(N)SCc2ccccc2)c(C(F)(F)F)c1. The Morgan fingerprint density at radius 1 is 1.16 bits per heavy atom. The van der Waals surface area contributed by atoms with E-state index in [1.165, 1.54) is 29.6 Å². The maximum atomic E-state index is 13.1. The van der Waals surface area contributed by atoms with Gasteiger partial charge in [-0.3, -0.25) is 0 Å². The lowest BCUT2D eigenvalue weighted by molar-refractivity contribution is -0.137. The molecule has 0 spiro atoms. The predicted octanol–water partition coefficient (Wildman–Crippen LogP) is 5.01. The molecular formula is C17H16F3N3S2. The first-order valence-corrected chi connectivity index (χ1v) is 9.39. The number of halogens is 3. The van der Waals surface area contributed by atoms with Crippen molar-refractivity contribution in [2.45, 2.75) is 16.8 Å². The van der Waals surface area contributed by atoms with Gasteiger partial charge >= 0.3 is 6.18 Å². The van der Waals surface area contributed by atoms with Crippen molar-refractivity contribution in [2.24, 2.45) is 15.9 Å². The maximum absolute atomic E-state index is 13.1. The van der Waals surface area contributed by atoms with E-state index in [4.69, 9.17) is 5.73 Å². The van der Waals surface area contributed by atoms with Gasteiger partial charge < -0.3 is 5.73 Å². The fourth-order valence-corrected chi connectivity index (χ4v) is 2.98. The fourth-order valence-electron chi connectivity index (χ4n) is 1.93. The van der Waals surface area contributed by atoms with Crippen molar-refractivity contribution in [3.63, 3.8) is 0 Å². The van der Waals surface area contributed by atoms with Gasteiger partial charge in [-0.1, -0.05) is 48.2 Å². The van der Waals surface area contributed by atoms with Crippen molar-refractivity contribution in [1.82, 2.24) is 0 Å². The minimum Gasteiger partial charge on any atom is -0.377 e. The highest BCUT2D eigenvalue weighted by atomic mass is 32.2. The number of hydrogen-bond donors (Lipinski definition) is 1. The van der Waals surface area contributed by atoms with Crippen molar-refractivity contribution in [2.75, 3.05) is 6.26 Å². The van der Waals surface area contributed by atoms with Crippen LogP contribution in [0.2, 0.25) is 0 Å². The average molecular weight is 383 g/mol. The van der Waals surface area contributed by atoms with Gasteiger partial charge in [0.1, 0.15) is 0 Å². The van der Waals surface area contributed by atoms with Crippen LogP contribution in [-0.4, -0.2) is 17.6 Å². The van der Waals surface area contributed by atoms with Gasteiger partial charge in [0, 0.05) is 16.2 Å². The summed E-state index contributed by atoms with van der Waals surface area (Å²) in [5.74, 6) is 0.613. The third-order valence-corrected chi connectivity index (χ3v) is 4.73. The summed E-state index contributed by atoms with van der Waals surface area (Å²) in [7, 11) is 0. The monoisotopic (exact) mass is 383 g/mol. The van der Waals surface area contributed by atoms with Gasteiger partial charge in [0.2, 0.25) is 0 Å². The van der Waals surface area contributed by atoms with Crippen LogP contribution < -0.4 is 5.73 Å². The maximum Gasteiger partial charge on any atom is 0.417 e. The van der Waals surface area contributed by atoms with Crippen LogP contribution in [0.5, 0.6) is 0 Å². The van der Waals surface area contributed by atoms with E-state index in [2.05, 4.69) is 10.2 Å². The number of hydrogen-bond acceptors (Lipinski definition) is 4. The zero-order valence-corrected chi connectivity index (χ0v) is 15.0. The van der Waals surface area contributed by atoms with Gasteiger partial charge in [-0.05, 0) is 24.0 Å². The Morgan fingerprint density at radius 2 is 1.88 bits per heavy atom. The van der Waals surface area contributed by atoms with E-state index in [0.29, 0.717) is 10.6 Å². The van der Waals surface area contributed by atoms with Gasteiger partial charge in [-0.25, -0.2) is 0 Å². The lowest BCUT2D eigenvalue weighted by atomic mass is 10.1. The minimum atomic E-state index is -4.45. The molecule has 0 saturated heterocycles. The number of thioether (sulfide) groups is 2. The number of nitrogens with zero attached hydrogens (tertiary/aromatic N) is 2. The molecule has 3 nitrogen and oxygen atoms in total. The van der Waals surface area contributed by atoms with Crippen LogP contribution in [0.15, 0.2) is 63.6 Å². The van der Waals surface area contributed by atoms with Crippen molar-refractivity contribution < 1.29 is 13.2 Å². The highest BCUT2D eigenvalue weighted by molar-refractivity contribution is 8.13. The molecule has 0 aliphatic rings. The fraction of sp³-hybridized carbons (Fsp3) is 0.176. The summed E-state index contributed by atoms with van der Waals surface area (Å²) in [5, 5.41) is 7.64. The minimum absolute atomic E-state index is 0.0464. The van der Waals surface area contributed by atoms with Crippen LogP contribution in [0.3, 0.4) is 0 Å². The molecule has 0 aliphatic heterocycles. The summed E-state index contributed by atoms with van der Waals surface area (Å²) >= 11 is 2.51. The molecule has 0 unspecified atom stereocenters. The van der Waals surface area contributed by atoms with E-state index in [1.807, 2.05) is 30.3 Å². The summed E-state index contributed by atoms with van der Waals surface area (Å²) in [6, 6.07) is 13.7. The number of benzene rings is 2. The quantitative estimate of drug-likeness (QED) is 0.342. The summed E-state index contributed by atoms with van der Waals surface area (Å²) in [5.41, 5.74) is 6.01. The molecule has 132 valence electrons. The molecule has 0 aliphatic carbocycles. The van der Waals surface area contributed by atoms with E-state index >= 15 is 0 Å². The number of rotatable bonds is 5. The molecule has 0 saturated carbocycles. The highest BCUT2D eigenvalue weighted by Crippen LogP contribution is 2.33. The second kappa shape index (κ2) is 8.96. The zero-order valence-electron chi connectivity index (χ0n) is 13.3. The largest absolute Gasteiger partial charge is 0.417 e. The molecule has 2 N–H and O–H groups in total. The molecule has 0 aromatic heterocycles. The van der Waals surface area contributed by atoms with Crippen LogP contribution in [-0.2, 0) is 11.9 Å². The zero-order chi connectivity index (χ0) is 18.3. The molecular weight excluding hydrogens is 367 g/mol. The molecule has 0 heterocycles. The Labute approximate surface area is 152 Å². The smallest absolute Gasteiger partial charge is 0.377 e. The molecule has 0 bridgehead atoms. The molecule has 0 radical (unpaired) electrons. The number of nitrogens with two attached hydrogens (primary N) is 1. The number of alkyl halides is 3. The lowest BCUT2D eigenvalue weighted by Crippen LogP contribution is -2.09. The third-order valence-electron chi connectivity index (χ3n) is 3.15. The van der Waals surface area contributed by atoms with E-state index in [-0.39, 0.29) is 10.7 Å². The molecule has 0 atom stereocenters. The topological polar surface area (TPSA) is 50.7 Å². The Hall–Kier alpha value is -1.93. The van der Waals surface area contributed by atoms with E-state index in [9.17, 15) is 13.2 Å². The summed E-state index contributed by atoms with van der Waals surface area (Å²) < 4.78 is 39.4. The first-order chi connectivity index (χ1) is 11.9. The summed E-state index contributed by atoms with van der Waals surface area (Å²) in [6.45, 7) is 0. The van der Waals surface area contributed by atoms with E-state index in [1.54, 1.807) is 12.3 Å². The van der Waals surface area contributed by atoms with Crippen molar-refractivity contribution in [3.8, 4) is 0 Å². The molecule has 2 rings (SSSR count). The van der Waals surface area contributed by atoms with E-state index < -0.39 is 11.7 Å². The van der Waals surface area contributed by atoms with Crippen molar-refractivity contribution in [1.29, 1.82) is 0 Å². The Morgan fingerprint density at radius 3 is 2.52 bits per heavy atom. The normalized spacial score (nSPS) is 12.7. The first-order valence-electron chi connectivity index (χ1n) is 7.18. The van der Waals surface area contributed by atoms with Crippen LogP contribution in [0, 0.1) is 0 Å². The Kier molecular flexibility index (Phi) is 6.95. The molecule has 0 amide bonds. The molecule has 25 heavy (non-hydrogen) atoms. The van der Waals surface area contributed by atoms with Gasteiger partial charge in [0.05, 0.1) is 11.8 Å². The Balaban J connectivity index is 2.08. The first kappa shape index (κ1) is 19.4. The summed E-state index contributed by atoms with van der Waals surface area (Å²) in [4.78, 5) is 0.533. The molecule has 8 heteroatoms. The Bertz CT molecular complexity index is 759. The summed E-state index contributed by atoms with van der Waals surface area (Å²) in [6.07, 6.45) is -1.66. The standard InChI is InChI=1S/C17H16F3N3S2/c1-24-14-8-7-13(15(9-14)17(18,19)20)10-22-23-16(21)25-11-12-5-3-2-4-6-12/h2-10H,11H2,1H3,(H2,21,23). The van der Waals surface area contributed by atoms with Crippen molar-refractivity contribution >= 4 is 34.9 Å². The van der Waals surface area contributed by atoms with Crippen LogP contribution in [0.25, 0.3) is 0 Å². The molecule has 0 fully saturated rings. The molecule has 2 aromatic carbocycles. The van der Waals surface area contributed by atoms with Gasteiger partial charge in [-0.15, -0.1) is 16.9 Å². The van der Waals surface area contributed by atoms with E-state index in [0.717, 1.165) is 17.8 Å². The van der Waals surface area contributed by atoms with Crippen LogP contribution >= 0.6 is 23.5 Å². The van der Waals surface area contributed by atoms with Gasteiger partial charge in [-0.2, -0.15) is 18.3 Å². The van der Waals surface area contributed by atoms with Gasteiger partial charge in [0.15, 0.2) is 5.17 Å². The highest BCUT2D eigenvalue weighted by Gasteiger charge is 2.33. The van der Waals surface area contributed by atoms with Gasteiger partial charge in [0.25, 0.3) is 0 Å².